The SMILES string of the molecule is Cc1noc(-c2cn(C)nc2[C@H]2CCCCN2C(=O)CCn2cccn2)c1C. The van der Waals surface area contributed by atoms with Crippen molar-refractivity contribution in [2.45, 2.75) is 52.1 Å². The lowest BCUT2D eigenvalue weighted by molar-refractivity contribution is -0.135. The van der Waals surface area contributed by atoms with Crippen molar-refractivity contribution in [1.29, 1.82) is 0 Å². The van der Waals surface area contributed by atoms with Crippen LogP contribution in [0.1, 0.15) is 48.7 Å². The van der Waals surface area contributed by atoms with Crippen molar-refractivity contribution in [1.82, 2.24) is 29.6 Å². The summed E-state index contributed by atoms with van der Waals surface area (Å²) in [6, 6.07) is 1.83. The number of rotatable bonds is 5. The topological polar surface area (TPSA) is 82.0 Å². The molecule has 3 aromatic rings. The second kappa shape index (κ2) is 7.61. The average Bonchev–Trinajstić information content (AvgIpc) is 3.42. The summed E-state index contributed by atoms with van der Waals surface area (Å²) in [5, 5.41) is 13.0. The Labute approximate surface area is 164 Å². The fourth-order valence-electron chi connectivity index (χ4n) is 3.89. The summed E-state index contributed by atoms with van der Waals surface area (Å²) >= 11 is 0. The third kappa shape index (κ3) is 3.46. The molecule has 0 aliphatic carbocycles. The van der Waals surface area contributed by atoms with Crippen LogP contribution in [-0.2, 0) is 18.4 Å². The molecule has 1 aliphatic rings. The number of piperidine rings is 1. The monoisotopic (exact) mass is 382 g/mol. The number of likely N-dealkylation sites (tertiary alicyclic amines) is 1. The van der Waals surface area contributed by atoms with E-state index in [9.17, 15) is 4.79 Å². The first-order chi connectivity index (χ1) is 13.5. The van der Waals surface area contributed by atoms with E-state index in [0.29, 0.717) is 13.0 Å². The lowest BCUT2D eigenvalue weighted by Crippen LogP contribution is -2.39. The highest BCUT2D eigenvalue weighted by Crippen LogP contribution is 2.37. The van der Waals surface area contributed by atoms with E-state index in [1.54, 1.807) is 15.6 Å². The molecule has 0 unspecified atom stereocenters. The highest BCUT2D eigenvalue weighted by Gasteiger charge is 2.33. The summed E-state index contributed by atoms with van der Waals surface area (Å²) < 4.78 is 9.19. The zero-order chi connectivity index (χ0) is 19.7. The fourth-order valence-corrected chi connectivity index (χ4v) is 3.89. The molecule has 4 rings (SSSR count). The Bertz CT molecular complexity index is 956. The Balaban J connectivity index is 1.61. The van der Waals surface area contributed by atoms with Crippen LogP contribution >= 0.6 is 0 Å². The quantitative estimate of drug-likeness (QED) is 0.677. The van der Waals surface area contributed by atoms with Crippen molar-refractivity contribution in [2.75, 3.05) is 6.54 Å². The molecule has 0 radical (unpaired) electrons. The second-order valence-electron chi connectivity index (χ2n) is 7.44. The maximum atomic E-state index is 13.0. The van der Waals surface area contributed by atoms with Crippen LogP contribution in [0.2, 0.25) is 0 Å². The van der Waals surface area contributed by atoms with Gasteiger partial charge in [-0.05, 0) is 39.2 Å². The Morgan fingerprint density at radius 2 is 2.18 bits per heavy atom. The number of carbonyl (C=O) groups is 1. The van der Waals surface area contributed by atoms with Gasteiger partial charge in [-0.3, -0.25) is 14.2 Å². The molecular formula is C20H26N6O2. The summed E-state index contributed by atoms with van der Waals surface area (Å²) in [6.07, 6.45) is 9.02. The third-order valence-corrected chi connectivity index (χ3v) is 5.51. The minimum Gasteiger partial charge on any atom is -0.356 e. The smallest absolute Gasteiger partial charge is 0.225 e. The molecule has 4 heterocycles. The Morgan fingerprint density at radius 1 is 1.32 bits per heavy atom. The molecule has 0 N–H and O–H groups in total. The molecule has 8 nitrogen and oxygen atoms in total. The van der Waals surface area contributed by atoms with Gasteiger partial charge in [-0.25, -0.2) is 0 Å². The van der Waals surface area contributed by atoms with Gasteiger partial charge in [0.15, 0.2) is 5.76 Å². The lowest BCUT2D eigenvalue weighted by Gasteiger charge is -2.35. The Hall–Kier alpha value is -2.90. The molecule has 1 atom stereocenters. The van der Waals surface area contributed by atoms with Crippen molar-refractivity contribution < 1.29 is 9.32 Å². The van der Waals surface area contributed by atoms with Crippen LogP contribution in [0.25, 0.3) is 11.3 Å². The number of nitrogens with zero attached hydrogens (tertiary/aromatic N) is 6. The Kier molecular flexibility index (Phi) is 5.02. The van der Waals surface area contributed by atoms with E-state index < -0.39 is 0 Å². The number of aromatic nitrogens is 5. The maximum Gasteiger partial charge on any atom is 0.225 e. The van der Waals surface area contributed by atoms with E-state index in [2.05, 4.69) is 10.3 Å². The number of hydrogen-bond acceptors (Lipinski definition) is 5. The molecule has 3 aromatic heterocycles. The standard InChI is InChI=1S/C20H26N6O2/c1-14-15(2)23-28-20(14)16-13-24(3)22-19(16)17-7-4-5-11-26(17)18(27)8-12-25-10-6-9-21-25/h6,9-10,13,17H,4-5,7-8,11-12H2,1-3H3/t17-/m1/s1. The van der Waals surface area contributed by atoms with Gasteiger partial charge in [-0.1, -0.05) is 5.16 Å². The maximum absolute atomic E-state index is 13.0. The van der Waals surface area contributed by atoms with Crippen LogP contribution in [0.3, 0.4) is 0 Å². The molecule has 1 aliphatic heterocycles. The molecule has 0 saturated carbocycles. The predicted octanol–water partition coefficient (Wildman–Crippen LogP) is 3.03. The van der Waals surface area contributed by atoms with Gasteiger partial charge < -0.3 is 9.42 Å². The molecule has 1 fully saturated rings. The third-order valence-electron chi connectivity index (χ3n) is 5.51. The minimum atomic E-state index is -0.0418. The summed E-state index contributed by atoms with van der Waals surface area (Å²) in [5.74, 6) is 0.886. The van der Waals surface area contributed by atoms with Crippen molar-refractivity contribution in [3.05, 3.63) is 41.6 Å². The zero-order valence-corrected chi connectivity index (χ0v) is 16.6. The molecular weight excluding hydrogens is 356 g/mol. The first-order valence-corrected chi connectivity index (χ1v) is 9.78. The summed E-state index contributed by atoms with van der Waals surface area (Å²) in [6.45, 7) is 5.29. The van der Waals surface area contributed by atoms with Crippen molar-refractivity contribution in [3.8, 4) is 11.3 Å². The molecule has 0 bridgehead atoms. The van der Waals surface area contributed by atoms with Gasteiger partial charge in [0.2, 0.25) is 5.91 Å². The van der Waals surface area contributed by atoms with Gasteiger partial charge in [0.05, 0.1) is 23.0 Å². The molecule has 148 valence electrons. The molecule has 28 heavy (non-hydrogen) atoms. The van der Waals surface area contributed by atoms with Crippen LogP contribution in [0.5, 0.6) is 0 Å². The van der Waals surface area contributed by atoms with Crippen LogP contribution in [0.4, 0.5) is 0 Å². The van der Waals surface area contributed by atoms with Crippen molar-refractivity contribution in [2.24, 2.45) is 7.05 Å². The fraction of sp³-hybridized carbons (Fsp3) is 0.500. The van der Waals surface area contributed by atoms with Crippen LogP contribution in [-0.4, -0.2) is 42.1 Å². The van der Waals surface area contributed by atoms with E-state index in [-0.39, 0.29) is 11.9 Å². The first-order valence-electron chi connectivity index (χ1n) is 9.78. The van der Waals surface area contributed by atoms with E-state index in [1.165, 1.54) is 0 Å². The van der Waals surface area contributed by atoms with Gasteiger partial charge >= 0.3 is 0 Å². The normalized spacial score (nSPS) is 17.2. The molecule has 0 aromatic carbocycles. The van der Waals surface area contributed by atoms with E-state index >= 15 is 0 Å². The summed E-state index contributed by atoms with van der Waals surface area (Å²) in [4.78, 5) is 15.0. The number of aryl methyl sites for hydroxylation is 3. The molecule has 1 saturated heterocycles. The first kappa shape index (κ1) is 18.5. The van der Waals surface area contributed by atoms with Gasteiger partial charge in [0, 0.05) is 50.7 Å². The predicted molar refractivity (Wildman–Crippen MR) is 103 cm³/mol. The van der Waals surface area contributed by atoms with Gasteiger partial charge in [-0.15, -0.1) is 0 Å². The largest absolute Gasteiger partial charge is 0.356 e. The summed E-state index contributed by atoms with van der Waals surface area (Å²) in [7, 11) is 1.90. The van der Waals surface area contributed by atoms with Crippen molar-refractivity contribution in [3.63, 3.8) is 0 Å². The van der Waals surface area contributed by atoms with Gasteiger partial charge in [0.25, 0.3) is 0 Å². The number of amides is 1. The van der Waals surface area contributed by atoms with Gasteiger partial charge in [0.1, 0.15) is 0 Å². The average molecular weight is 382 g/mol. The Morgan fingerprint density at radius 3 is 2.89 bits per heavy atom. The lowest BCUT2D eigenvalue weighted by atomic mass is 9.95. The number of carbonyl (C=O) groups excluding carboxylic acids is 1. The van der Waals surface area contributed by atoms with E-state index in [1.807, 2.05) is 44.3 Å². The van der Waals surface area contributed by atoms with Crippen LogP contribution in [0.15, 0.2) is 29.2 Å². The highest BCUT2D eigenvalue weighted by atomic mass is 16.5. The van der Waals surface area contributed by atoms with Crippen molar-refractivity contribution >= 4 is 5.91 Å². The number of hydrogen-bond donors (Lipinski definition) is 0. The zero-order valence-electron chi connectivity index (χ0n) is 16.6. The molecule has 0 spiro atoms. The molecule has 8 heteroatoms. The van der Waals surface area contributed by atoms with E-state index in [4.69, 9.17) is 9.62 Å². The highest BCUT2D eigenvalue weighted by molar-refractivity contribution is 5.77. The summed E-state index contributed by atoms with van der Waals surface area (Å²) in [5.41, 5.74) is 3.72. The van der Waals surface area contributed by atoms with Gasteiger partial charge in [-0.2, -0.15) is 10.2 Å². The minimum absolute atomic E-state index is 0.0418. The van der Waals surface area contributed by atoms with E-state index in [0.717, 1.165) is 54.1 Å². The molecule has 1 amide bonds. The second-order valence-corrected chi connectivity index (χ2v) is 7.44. The van der Waals surface area contributed by atoms with Crippen LogP contribution in [0, 0.1) is 13.8 Å². The van der Waals surface area contributed by atoms with Crippen LogP contribution < -0.4 is 0 Å².